The molecule has 0 aromatic heterocycles. The van der Waals surface area contributed by atoms with E-state index >= 15 is 0 Å². The average Bonchev–Trinajstić information content (AvgIpc) is 2.38. The molecule has 1 rings (SSSR count). The number of nitrogens with one attached hydrogen (secondary N) is 1. The quantitative estimate of drug-likeness (QED) is 0.801. The molecular weight excluding hydrogens is 254 g/mol. The molecule has 0 unspecified atom stereocenters. The fourth-order valence-corrected chi connectivity index (χ4v) is 1.09. The maximum atomic E-state index is 11.1. The van der Waals surface area contributed by atoms with Gasteiger partial charge in [0.1, 0.15) is 0 Å². The standard InChI is InChI=1S/C7H6N2O3S.C4H11N/c10-7(8-9-13(11)12)6-4-2-1-3-5-6;1-2-3-4-5/h1-5H,(H,8,10);2-5H2,1H3. The van der Waals surface area contributed by atoms with Crippen LogP contribution in [0.25, 0.3) is 0 Å². The Kier molecular flexibility index (Phi) is 9.42. The van der Waals surface area contributed by atoms with Gasteiger partial charge in [0.05, 0.1) is 0 Å². The molecule has 100 valence electrons. The highest BCUT2D eigenvalue weighted by Gasteiger charge is 2.01. The molecule has 0 fully saturated rings. The molecule has 1 aromatic rings. The maximum Gasteiger partial charge on any atom is 0.332 e. The van der Waals surface area contributed by atoms with Crippen molar-refractivity contribution in [2.24, 2.45) is 10.2 Å². The van der Waals surface area contributed by atoms with Gasteiger partial charge in [-0.05, 0) is 25.1 Å². The number of carbonyl (C=O) groups excluding carboxylic acids is 1. The second-order valence-corrected chi connectivity index (χ2v) is 3.87. The number of unbranched alkanes of at least 4 members (excludes halogenated alkanes) is 1. The Bertz CT molecular complexity index is 462. The summed E-state index contributed by atoms with van der Waals surface area (Å²) >= 11 is 0. The molecule has 6 nitrogen and oxygen atoms in total. The van der Waals surface area contributed by atoms with Crippen LogP contribution < -0.4 is 11.2 Å². The van der Waals surface area contributed by atoms with Crippen LogP contribution in [0.4, 0.5) is 0 Å². The summed E-state index contributed by atoms with van der Waals surface area (Å²) in [6, 6.07) is 8.20. The van der Waals surface area contributed by atoms with Crippen molar-refractivity contribution in [1.29, 1.82) is 0 Å². The molecule has 0 atom stereocenters. The van der Waals surface area contributed by atoms with Gasteiger partial charge in [-0.15, -0.1) is 0 Å². The molecule has 1 aromatic carbocycles. The first kappa shape index (κ1) is 16.3. The second kappa shape index (κ2) is 10.4. The number of amides is 1. The van der Waals surface area contributed by atoms with Crippen LogP contribution in [0, 0.1) is 0 Å². The van der Waals surface area contributed by atoms with Crippen LogP contribution in [0.5, 0.6) is 0 Å². The Morgan fingerprint density at radius 3 is 2.33 bits per heavy atom. The van der Waals surface area contributed by atoms with Crippen LogP contribution in [0.1, 0.15) is 30.1 Å². The number of hydrogen-bond acceptors (Lipinski definition) is 5. The first-order valence-electron chi connectivity index (χ1n) is 5.47. The highest BCUT2D eigenvalue weighted by Crippen LogP contribution is 1.96. The molecule has 3 N–H and O–H groups in total. The molecule has 0 radical (unpaired) electrons. The zero-order valence-corrected chi connectivity index (χ0v) is 11.0. The van der Waals surface area contributed by atoms with Crippen LogP contribution in [-0.4, -0.2) is 20.9 Å². The number of benzene rings is 1. The van der Waals surface area contributed by atoms with Gasteiger partial charge in [0.2, 0.25) is 0 Å². The third-order valence-electron chi connectivity index (χ3n) is 1.82. The molecule has 0 bridgehead atoms. The fourth-order valence-electron chi connectivity index (χ4n) is 0.937. The molecule has 0 saturated carbocycles. The molecular formula is C11H17N3O3S. The van der Waals surface area contributed by atoms with Gasteiger partial charge in [-0.2, -0.15) is 8.42 Å². The Labute approximate surface area is 108 Å². The van der Waals surface area contributed by atoms with Crippen molar-refractivity contribution in [3.8, 4) is 0 Å². The van der Waals surface area contributed by atoms with Gasteiger partial charge >= 0.3 is 10.5 Å². The van der Waals surface area contributed by atoms with E-state index in [1.54, 1.807) is 30.3 Å². The van der Waals surface area contributed by atoms with Gasteiger partial charge in [-0.1, -0.05) is 36.0 Å². The lowest BCUT2D eigenvalue weighted by Gasteiger charge is -1.95. The molecule has 18 heavy (non-hydrogen) atoms. The summed E-state index contributed by atoms with van der Waals surface area (Å²) in [5.74, 6) is -0.551. The molecule has 0 spiro atoms. The molecule has 0 aliphatic carbocycles. The fraction of sp³-hybridized carbons (Fsp3) is 0.364. The second-order valence-electron chi connectivity index (χ2n) is 3.26. The van der Waals surface area contributed by atoms with Gasteiger partial charge in [-0.25, -0.2) is 5.43 Å². The van der Waals surface area contributed by atoms with E-state index in [0.29, 0.717) is 5.56 Å². The SMILES string of the molecule is CCCCN.O=C(NN=S(=O)=O)c1ccccc1. The predicted molar refractivity (Wildman–Crippen MR) is 69.2 cm³/mol. The van der Waals surface area contributed by atoms with Crippen LogP contribution >= 0.6 is 0 Å². The number of nitrogens with zero attached hydrogens (tertiary/aromatic N) is 1. The summed E-state index contributed by atoms with van der Waals surface area (Å²) in [5.41, 5.74) is 7.37. The minimum atomic E-state index is -2.62. The smallest absolute Gasteiger partial charge is 0.330 e. The minimum absolute atomic E-state index is 0.358. The first-order valence-corrected chi connectivity index (χ1v) is 6.50. The lowest BCUT2D eigenvalue weighted by molar-refractivity contribution is 0.0955. The van der Waals surface area contributed by atoms with E-state index < -0.39 is 16.4 Å². The average molecular weight is 271 g/mol. The summed E-state index contributed by atoms with van der Waals surface area (Å²) in [7, 11) is -2.62. The number of rotatable bonds is 4. The first-order chi connectivity index (χ1) is 8.61. The van der Waals surface area contributed by atoms with Gasteiger partial charge in [0, 0.05) is 5.56 Å². The molecule has 0 heterocycles. The van der Waals surface area contributed by atoms with E-state index in [-0.39, 0.29) is 0 Å². The number of nitrogens with two attached hydrogens (primary N) is 1. The molecule has 0 saturated heterocycles. The van der Waals surface area contributed by atoms with Crippen LogP contribution in [0.2, 0.25) is 0 Å². The summed E-state index contributed by atoms with van der Waals surface area (Å²) in [4.78, 5) is 11.1. The Morgan fingerprint density at radius 2 is 1.94 bits per heavy atom. The molecule has 1 amide bonds. The Morgan fingerprint density at radius 1 is 1.33 bits per heavy atom. The highest BCUT2D eigenvalue weighted by atomic mass is 32.2. The monoisotopic (exact) mass is 271 g/mol. The maximum absolute atomic E-state index is 11.1. The zero-order valence-electron chi connectivity index (χ0n) is 10.2. The van der Waals surface area contributed by atoms with Crippen molar-refractivity contribution in [1.82, 2.24) is 5.43 Å². The lowest BCUT2D eigenvalue weighted by atomic mass is 10.2. The van der Waals surface area contributed by atoms with Gasteiger partial charge in [0.25, 0.3) is 5.91 Å². The van der Waals surface area contributed by atoms with Crippen molar-refractivity contribution >= 4 is 16.4 Å². The van der Waals surface area contributed by atoms with Crippen molar-refractivity contribution in [3.05, 3.63) is 35.9 Å². The van der Waals surface area contributed by atoms with Gasteiger partial charge < -0.3 is 5.73 Å². The van der Waals surface area contributed by atoms with Crippen LogP contribution in [0.3, 0.4) is 0 Å². The normalized spacial score (nSPS) is 8.78. The summed E-state index contributed by atoms with van der Waals surface area (Å²) in [5, 5.41) is 0. The highest BCUT2D eigenvalue weighted by molar-refractivity contribution is 7.61. The van der Waals surface area contributed by atoms with Crippen LogP contribution in [-0.2, 0) is 10.5 Å². The summed E-state index contributed by atoms with van der Waals surface area (Å²) < 4.78 is 22.7. The molecule has 7 heteroatoms. The third-order valence-corrected chi connectivity index (χ3v) is 2.06. The largest absolute Gasteiger partial charge is 0.332 e. The predicted octanol–water partition coefficient (Wildman–Crippen LogP) is 1.14. The topological polar surface area (TPSA) is 102 Å². The van der Waals surface area contributed by atoms with Crippen molar-refractivity contribution < 1.29 is 13.2 Å². The van der Waals surface area contributed by atoms with Crippen molar-refractivity contribution in [2.75, 3.05) is 6.54 Å². The summed E-state index contributed by atoms with van der Waals surface area (Å²) in [6.07, 6.45) is 2.39. The van der Waals surface area contributed by atoms with Gasteiger partial charge in [-0.3, -0.25) is 4.79 Å². The van der Waals surface area contributed by atoms with Crippen LogP contribution in [0.15, 0.2) is 34.8 Å². The number of hydrogen-bond donors (Lipinski definition) is 2. The van der Waals surface area contributed by atoms with E-state index in [1.807, 2.05) is 5.43 Å². The van der Waals surface area contributed by atoms with E-state index in [1.165, 1.54) is 12.8 Å². The Hall–Kier alpha value is -1.73. The van der Waals surface area contributed by atoms with E-state index in [9.17, 15) is 13.2 Å². The zero-order chi connectivity index (χ0) is 13.8. The third kappa shape index (κ3) is 8.43. The minimum Gasteiger partial charge on any atom is -0.330 e. The molecule has 0 aliphatic rings. The lowest BCUT2D eigenvalue weighted by Crippen LogP contribution is -2.16. The summed E-state index contributed by atoms with van der Waals surface area (Å²) in [6.45, 7) is 2.98. The van der Waals surface area contributed by atoms with Gasteiger partial charge in [0.15, 0.2) is 0 Å². The van der Waals surface area contributed by atoms with Crippen molar-refractivity contribution in [3.63, 3.8) is 0 Å². The van der Waals surface area contributed by atoms with E-state index in [4.69, 9.17) is 5.73 Å². The van der Waals surface area contributed by atoms with Crippen molar-refractivity contribution in [2.45, 2.75) is 19.8 Å². The van der Waals surface area contributed by atoms with E-state index in [2.05, 4.69) is 11.4 Å². The van der Waals surface area contributed by atoms with E-state index in [0.717, 1.165) is 6.54 Å². The Balaban J connectivity index is 0.000000494. The molecule has 0 aliphatic heterocycles. The number of carbonyl (C=O) groups is 1.